The molecule has 1 aromatic carbocycles. The van der Waals surface area contributed by atoms with Crippen LogP contribution in [0.15, 0.2) is 12.1 Å². The monoisotopic (exact) mass is 432 g/mol. The Morgan fingerprint density at radius 3 is 2.50 bits per heavy atom. The molecule has 8 heteroatoms. The van der Waals surface area contributed by atoms with Crippen LogP contribution in [0.3, 0.4) is 0 Å². The van der Waals surface area contributed by atoms with E-state index < -0.39 is 5.60 Å². The normalized spacial score (nSPS) is 20.8. The average molecular weight is 433 g/mol. The average Bonchev–Trinajstić information content (AvgIpc) is 3.11. The van der Waals surface area contributed by atoms with E-state index in [0.29, 0.717) is 37.0 Å². The lowest BCUT2D eigenvalue weighted by atomic mass is 9.79. The second kappa shape index (κ2) is 7.82. The first-order chi connectivity index (χ1) is 14.2. The van der Waals surface area contributed by atoms with Crippen molar-refractivity contribution in [2.75, 3.05) is 62.3 Å². The summed E-state index contributed by atoms with van der Waals surface area (Å²) in [5.74, 6) is 0. The Kier molecular flexibility index (Phi) is 5.50. The van der Waals surface area contributed by atoms with Crippen LogP contribution in [0.1, 0.15) is 27.2 Å². The van der Waals surface area contributed by atoms with Crippen molar-refractivity contribution in [2.45, 2.75) is 32.8 Å². The van der Waals surface area contributed by atoms with Crippen LogP contribution in [0, 0.1) is 12.0 Å². The van der Waals surface area contributed by atoms with Gasteiger partial charge in [-0.3, -0.25) is 0 Å². The molecular formula is C22H29ClN4O3. The predicted molar refractivity (Wildman–Crippen MR) is 118 cm³/mol. The van der Waals surface area contributed by atoms with Gasteiger partial charge in [-0.25, -0.2) is 9.64 Å². The van der Waals surface area contributed by atoms with Gasteiger partial charge in [-0.15, -0.1) is 0 Å². The van der Waals surface area contributed by atoms with Gasteiger partial charge in [-0.1, -0.05) is 11.6 Å². The van der Waals surface area contributed by atoms with Crippen LogP contribution < -0.4 is 9.80 Å². The molecule has 30 heavy (non-hydrogen) atoms. The van der Waals surface area contributed by atoms with E-state index in [4.69, 9.17) is 27.6 Å². The number of halogens is 1. The summed E-state index contributed by atoms with van der Waals surface area (Å²) in [4.78, 5) is 22.3. The number of ether oxygens (including phenoxy) is 2. The number of hydrogen-bond acceptors (Lipinski definition) is 5. The molecule has 1 amide bonds. The molecule has 0 unspecified atom stereocenters. The van der Waals surface area contributed by atoms with Gasteiger partial charge in [0.15, 0.2) is 0 Å². The molecule has 3 saturated heterocycles. The first kappa shape index (κ1) is 21.1. The lowest BCUT2D eigenvalue weighted by molar-refractivity contribution is -0.0266. The molecule has 0 aromatic heterocycles. The standard InChI is InChI=1S/C22H29ClN4O3/c1-21(2,3)30-20(28)27-14-22(15-27)5-6-26(13-22)18-12-16(11-17(23)19(18)24-4)25-7-9-29-10-8-25/h11-12H,5-10,13-15H2,1-3H3. The van der Waals surface area contributed by atoms with Crippen molar-refractivity contribution in [3.63, 3.8) is 0 Å². The van der Waals surface area contributed by atoms with E-state index in [1.165, 1.54) is 0 Å². The molecule has 0 N–H and O–H groups in total. The number of hydrogen-bond donors (Lipinski definition) is 0. The van der Waals surface area contributed by atoms with Gasteiger partial charge in [-0.2, -0.15) is 0 Å². The zero-order chi connectivity index (χ0) is 21.5. The van der Waals surface area contributed by atoms with Crippen LogP contribution in [0.2, 0.25) is 5.02 Å². The highest BCUT2D eigenvalue weighted by atomic mass is 35.5. The lowest BCUT2D eigenvalue weighted by Gasteiger charge is -2.47. The number of carbonyl (C=O) groups is 1. The Labute approximate surface area is 183 Å². The Bertz CT molecular complexity index is 864. The number of rotatable bonds is 2. The smallest absolute Gasteiger partial charge is 0.410 e. The molecule has 0 atom stereocenters. The SMILES string of the molecule is [C-]#[N+]c1c(Cl)cc(N2CCOCC2)cc1N1CCC2(CN(C(=O)OC(C)(C)C)C2)C1. The largest absolute Gasteiger partial charge is 0.444 e. The summed E-state index contributed by atoms with van der Waals surface area (Å²) in [6.07, 6.45) is 0.745. The van der Waals surface area contributed by atoms with Crippen molar-refractivity contribution in [3.8, 4) is 0 Å². The molecule has 0 bridgehead atoms. The predicted octanol–water partition coefficient (Wildman–Crippen LogP) is 4.17. The van der Waals surface area contributed by atoms with Gasteiger partial charge in [0.2, 0.25) is 5.69 Å². The quantitative estimate of drug-likeness (QED) is 0.656. The second-order valence-corrected chi connectivity index (χ2v) is 9.92. The van der Waals surface area contributed by atoms with Crippen LogP contribution in [-0.2, 0) is 9.47 Å². The third-order valence-electron chi connectivity index (χ3n) is 6.00. The lowest BCUT2D eigenvalue weighted by Crippen LogP contribution is -2.60. The van der Waals surface area contributed by atoms with Crippen molar-refractivity contribution < 1.29 is 14.3 Å². The van der Waals surface area contributed by atoms with Gasteiger partial charge in [-0.05, 0) is 39.3 Å². The van der Waals surface area contributed by atoms with E-state index in [2.05, 4.69) is 20.7 Å². The van der Waals surface area contributed by atoms with Crippen LogP contribution in [0.25, 0.3) is 4.85 Å². The fourth-order valence-corrected chi connectivity index (χ4v) is 4.80. The minimum absolute atomic E-state index is 0.0671. The maximum absolute atomic E-state index is 12.3. The number of nitrogens with zero attached hydrogens (tertiary/aromatic N) is 4. The summed E-state index contributed by atoms with van der Waals surface area (Å²) < 4.78 is 11.0. The van der Waals surface area contributed by atoms with Gasteiger partial charge >= 0.3 is 6.09 Å². The van der Waals surface area contributed by atoms with Crippen LogP contribution in [-0.4, -0.2) is 69.1 Å². The molecule has 3 heterocycles. The maximum atomic E-state index is 12.3. The highest BCUT2D eigenvalue weighted by Gasteiger charge is 2.50. The fourth-order valence-electron chi connectivity index (χ4n) is 4.54. The zero-order valence-corrected chi connectivity index (χ0v) is 18.7. The van der Waals surface area contributed by atoms with Gasteiger partial charge in [0.25, 0.3) is 0 Å². The molecule has 1 spiro atoms. The molecule has 0 aliphatic carbocycles. The molecule has 3 fully saturated rings. The summed E-state index contributed by atoms with van der Waals surface area (Å²) in [5.41, 5.74) is 2.02. The maximum Gasteiger partial charge on any atom is 0.410 e. The van der Waals surface area contributed by atoms with Crippen LogP contribution in [0.5, 0.6) is 0 Å². The van der Waals surface area contributed by atoms with Gasteiger partial charge in [0.1, 0.15) is 5.60 Å². The molecule has 0 radical (unpaired) electrons. The summed E-state index contributed by atoms with van der Waals surface area (Å²) in [6.45, 7) is 19.4. The molecule has 4 rings (SSSR count). The molecule has 7 nitrogen and oxygen atoms in total. The molecule has 162 valence electrons. The minimum atomic E-state index is -0.483. The number of anilines is 2. The van der Waals surface area contributed by atoms with Crippen molar-refractivity contribution in [2.24, 2.45) is 5.41 Å². The summed E-state index contributed by atoms with van der Waals surface area (Å²) in [6, 6.07) is 3.98. The zero-order valence-electron chi connectivity index (χ0n) is 17.9. The van der Waals surface area contributed by atoms with E-state index in [9.17, 15) is 4.79 Å². The van der Waals surface area contributed by atoms with E-state index in [0.717, 1.165) is 44.0 Å². The highest BCUT2D eigenvalue weighted by Crippen LogP contribution is 2.46. The number of benzene rings is 1. The molecular weight excluding hydrogens is 404 g/mol. The third-order valence-corrected chi connectivity index (χ3v) is 6.29. The molecule has 1 aromatic rings. The summed E-state index contributed by atoms with van der Waals surface area (Å²) in [7, 11) is 0. The van der Waals surface area contributed by atoms with Crippen molar-refractivity contribution in [1.29, 1.82) is 0 Å². The Hall–Kier alpha value is -2.17. The fraction of sp³-hybridized carbons (Fsp3) is 0.636. The minimum Gasteiger partial charge on any atom is -0.444 e. The Morgan fingerprint density at radius 2 is 1.87 bits per heavy atom. The second-order valence-electron chi connectivity index (χ2n) is 9.51. The Morgan fingerprint density at radius 1 is 1.17 bits per heavy atom. The van der Waals surface area contributed by atoms with E-state index >= 15 is 0 Å². The number of likely N-dealkylation sites (tertiary alicyclic amines) is 1. The number of amides is 1. The van der Waals surface area contributed by atoms with Crippen molar-refractivity contribution in [3.05, 3.63) is 28.6 Å². The van der Waals surface area contributed by atoms with Gasteiger partial charge in [0, 0.05) is 56.1 Å². The van der Waals surface area contributed by atoms with E-state index in [-0.39, 0.29) is 11.5 Å². The van der Waals surface area contributed by atoms with E-state index in [1.54, 1.807) is 4.90 Å². The summed E-state index contributed by atoms with van der Waals surface area (Å²) >= 11 is 6.51. The topological polar surface area (TPSA) is 49.6 Å². The van der Waals surface area contributed by atoms with Crippen molar-refractivity contribution in [1.82, 2.24) is 4.90 Å². The first-order valence-electron chi connectivity index (χ1n) is 10.5. The van der Waals surface area contributed by atoms with Crippen LogP contribution >= 0.6 is 11.6 Å². The van der Waals surface area contributed by atoms with Crippen molar-refractivity contribution >= 4 is 34.8 Å². The Balaban J connectivity index is 1.48. The molecule has 3 aliphatic heterocycles. The molecule has 0 saturated carbocycles. The number of carbonyl (C=O) groups excluding carboxylic acids is 1. The summed E-state index contributed by atoms with van der Waals surface area (Å²) in [5, 5.41) is 0.494. The van der Waals surface area contributed by atoms with E-state index in [1.807, 2.05) is 26.8 Å². The van der Waals surface area contributed by atoms with Gasteiger partial charge < -0.3 is 24.2 Å². The molecule has 3 aliphatic rings. The van der Waals surface area contributed by atoms with Crippen LogP contribution in [0.4, 0.5) is 21.9 Å². The first-order valence-corrected chi connectivity index (χ1v) is 10.8. The highest BCUT2D eigenvalue weighted by molar-refractivity contribution is 6.34. The number of morpholine rings is 1. The van der Waals surface area contributed by atoms with Gasteiger partial charge in [0.05, 0.1) is 24.8 Å². The third kappa shape index (κ3) is 4.17.